The van der Waals surface area contributed by atoms with E-state index in [-0.39, 0.29) is 16.7 Å². The van der Waals surface area contributed by atoms with E-state index in [1.807, 2.05) is 0 Å². The molecule has 0 radical (unpaired) electrons. The Morgan fingerprint density at radius 3 is 2.19 bits per heavy atom. The Labute approximate surface area is 124 Å². The molecule has 1 aromatic carbocycles. The van der Waals surface area contributed by atoms with E-state index in [9.17, 15) is 17.4 Å². The zero-order chi connectivity index (χ0) is 16.3. The minimum absolute atomic E-state index is 0.0850. The maximum atomic E-state index is 14.2. The number of hydrogen-bond donors (Lipinski definition) is 0. The predicted molar refractivity (Wildman–Crippen MR) is 77.2 cm³/mol. The highest BCUT2D eigenvalue weighted by Gasteiger charge is 2.26. The molecule has 0 fully saturated rings. The van der Waals surface area contributed by atoms with E-state index < -0.39 is 21.7 Å². The largest absolute Gasteiger partial charge is 0.748 e. The molecule has 0 atom stereocenters. The van der Waals surface area contributed by atoms with Gasteiger partial charge in [-0.2, -0.15) is 0 Å². The third-order valence-electron chi connectivity index (χ3n) is 3.22. The van der Waals surface area contributed by atoms with Crippen molar-refractivity contribution in [3.8, 4) is 11.5 Å². The second-order valence-corrected chi connectivity index (χ2v) is 6.71. The number of benzene rings is 1. The van der Waals surface area contributed by atoms with Crippen LogP contribution in [0.4, 0.5) is 10.1 Å². The fourth-order valence-corrected chi connectivity index (χ4v) is 2.55. The second kappa shape index (κ2) is 6.59. The van der Waals surface area contributed by atoms with Crippen LogP contribution >= 0.6 is 0 Å². The van der Waals surface area contributed by atoms with Crippen LogP contribution < -0.4 is 14.0 Å². The van der Waals surface area contributed by atoms with Gasteiger partial charge in [0.15, 0.2) is 23.0 Å². The molecule has 0 amide bonds. The lowest BCUT2D eigenvalue weighted by atomic mass is 10.2. The average Bonchev–Trinajstić information content (AvgIpc) is 2.36. The molecule has 1 rings (SSSR count). The molecule has 0 spiro atoms. The van der Waals surface area contributed by atoms with E-state index in [2.05, 4.69) is 0 Å². The number of hydrogen-bond acceptors (Lipinski definition) is 5. The van der Waals surface area contributed by atoms with Gasteiger partial charge in [-0.05, 0) is 0 Å². The highest BCUT2D eigenvalue weighted by Crippen LogP contribution is 2.35. The van der Waals surface area contributed by atoms with E-state index in [0.717, 1.165) is 0 Å². The molecule has 0 saturated carbocycles. The van der Waals surface area contributed by atoms with Crippen LogP contribution in [-0.2, 0) is 10.1 Å². The third kappa shape index (κ3) is 4.83. The Morgan fingerprint density at radius 1 is 1.19 bits per heavy atom. The molecule has 21 heavy (non-hydrogen) atoms. The molecule has 0 unspecified atom stereocenters. The summed E-state index contributed by atoms with van der Waals surface area (Å²) in [6.07, 6.45) is 0.145. The van der Waals surface area contributed by atoms with Crippen LogP contribution in [0.1, 0.15) is 6.42 Å². The zero-order valence-electron chi connectivity index (χ0n) is 12.6. The maximum absolute atomic E-state index is 14.2. The Balaban J connectivity index is 3.01. The van der Waals surface area contributed by atoms with Crippen molar-refractivity contribution < 1.29 is 26.8 Å². The van der Waals surface area contributed by atoms with Crippen LogP contribution in [0.5, 0.6) is 11.5 Å². The molecule has 0 N–H and O–H groups in total. The summed E-state index contributed by atoms with van der Waals surface area (Å²) in [6.45, 7) is 0.299. The highest BCUT2D eigenvalue weighted by atomic mass is 32.2. The van der Waals surface area contributed by atoms with E-state index in [1.54, 1.807) is 14.1 Å². The summed E-state index contributed by atoms with van der Waals surface area (Å²) in [5.41, 5.74) is 0.330. The fourth-order valence-electron chi connectivity index (χ4n) is 2.06. The van der Waals surface area contributed by atoms with Gasteiger partial charge in [0.2, 0.25) is 0 Å². The number of nitrogens with zero attached hydrogens (tertiary/aromatic N) is 1. The van der Waals surface area contributed by atoms with Crippen molar-refractivity contribution in [1.82, 2.24) is 4.48 Å². The van der Waals surface area contributed by atoms with E-state index in [1.165, 1.54) is 26.4 Å². The minimum atomic E-state index is -4.26. The van der Waals surface area contributed by atoms with Crippen molar-refractivity contribution in [3.63, 3.8) is 0 Å². The van der Waals surface area contributed by atoms with Gasteiger partial charge in [-0.15, -0.1) is 0 Å². The van der Waals surface area contributed by atoms with Crippen molar-refractivity contribution in [1.29, 1.82) is 0 Å². The molecule has 0 aliphatic carbocycles. The van der Waals surface area contributed by atoms with Gasteiger partial charge in [0.05, 0.1) is 45.0 Å². The van der Waals surface area contributed by atoms with Crippen LogP contribution in [0.3, 0.4) is 0 Å². The topological polar surface area (TPSA) is 75.7 Å². The molecule has 0 aromatic heterocycles. The first-order valence-corrected chi connectivity index (χ1v) is 7.87. The molecule has 120 valence electrons. The van der Waals surface area contributed by atoms with E-state index in [4.69, 9.17) is 9.47 Å². The van der Waals surface area contributed by atoms with Gasteiger partial charge >= 0.3 is 0 Å². The molecule has 0 bridgehead atoms. The molecule has 0 saturated heterocycles. The summed E-state index contributed by atoms with van der Waals surface area (Å²) >= 11 is 0. The van der Waals surface area contributed by atoms with Crippen LogP contribution in [-0.4, -0.2) is 53.6 Å². The van der Waals surface area contributed by atoms with Crippen molar-refractivity contribution in [2.75, 3.05) is 40.6 Å². The van der Waals surface area contributed by atoms with Gasteiger partial charge in [0.25, 0.3) is 0 Å². The summed E-state index contributed by atoms with van der Waals surface area (Å²) in [5, 5.41) is 0. The van der Waals surface area contributed by atoms with Crippen molar-refractivity contribution in [2.45, 2.75) is 6.42 Å². The molecule has 0 aliphatic heterocycles. The smallest absolute Gasteiger partial charge is 0.187 e. The summed E-state index contributed by atoms with van der Waals surface area (Å²) in [5.74, 6) is -0.288. The number of rotatable bonds is 7. The first-order valence-electron chi connectivity index (χ1n) is 6.29. The minimum Gasteiger partial charge on any atom is -0.748 e. The van der Waals surface area contributed by atoms with Gasteiger partial charge in [0, 0.05) is 24.3 Å². The molecule has 8 heteroatoms. The quantitative estimate of drug-likeness (QED) is 0.560. The first kappa shape index (κ1) is 17.7. The Bertz CT molecular complexity index is 601. The molecule has 1 aromatic rings. The van der Waals surface area contributed by atoms with Crippen LogP contribution in [0, 0.1) is 5.82 Å². The van der Waals surface area contributed by atoms with Crippen molar-refractivity contribution >= 4 is 15.8 Å². The predicted octanol–water partition coefficient (Wildman–Crippen LogP) is 1.35. The summed E-state index contributed by atoms with van der Waals surface area (Å²) in [4.78, 5) is 0. The number of methoxy groups -OCH3 is 2. The maximum Gasteiger partial charge on any atom is 0.187 e. The van der Waals surface area contributed by atoms with Crippen molar-refractivity contribution in [3.05, 3.63) is 17.9 Å². The molecular weight excluding hydrogens is 301 g/mol. The standard InChI is InChI=1S/C13H20FNO5S/c1-15(2,6-5-7-21(16,17)18)11-9-13(20-4)12(19-3)8-10(11)14/h8-9H,5-7H2,1-4H3. The fraction of sp³-hybridized carbons (Fsp3) is 0.538. The average molecular weight is 321 g/mol. The summed E-state index contributed by atoms with van der Waals surface area (Å²) in [7, 11) is 2.05. The zero-order valence-corrected chi connectivity index (χ0v) is 13.4. The molecule has 0 aliphatic rings. The monoisotopic (exact) mass is 321 g/mol. The highest BCUT2D eigenvalue weighted by molar-refractivity contribution is 7.85. The van der Waals surface area contributed by atoms with Gasteiger partial charge in [-0.3, -0.25) is 4.48 Å². The Morgan fingerprint density at radius 2 is 1.71 bits per heavy atom. The van der Waals surface area contributed by atoms with Crippen LogP contribution in [0.15, 0.2) is 12.1 Å². The Kier molecular flexibility index (Phi) is 5.54. The second-order valence-electron chi connectivity index (χ2n) is 5.18. The molecule has 6 nitrogen and oxygen atoms in total. The Hall–Kier alpha value is -1.38. The third-order valence-corrected chi connectivity index (χ3v) is 4.01. The van der Waals surface area contributed by atoms with Gasteiger partial charge in [-0.1, -0.05) is 0 Å². The van der Waals surface area contributed by atoms with Gasteiger partial charge < -0.3 is 14.0 Å². The lowest BCUT2D eigenvalue weighted by Gasteiger charge is -2.30. The SMILES string of the molecule is COc1cc(F)c([N+](C)(C)CCCS(=O)(=O)[O-])cc1OC. The number of halogens is 1. The van der Waals surface area contributed by atoms with Gasteiger partial charge in [0.1, 0.15) is 0 Å². The normalized spacial score (nSPS) is 12.3. The van der Waals surface area contributed by atoms with Crippen LogP contribution in [0.2, 0.25) is 0 Å². The van der Waals surface area contributed by atoms with Crippen LogP contribution in [0.25, 0.3) is 0 Å². The summed E-state index contributed by atoms with van der Waals surface area (Å²) in [6, 6.07) is 2.73. The lowest BCUT2D eigenvalue weighted by molar-refractivity contribution is 0.342. The van der Waals surface area contributed by atoms with E-state index in [0.29, 0.717) is 18.0 Å². The van der Waals surface area contributed by atoms with Crippen molar-refractivity contribution in [2.24, 2.45) is 0 Å². The number of quaternary nitrogens is 1. The summed E-state index contributed by atoms with van der Waals surface area (Å²) < 4.78 is 56.3. The van der Waals surface area contributed by atoms with E-state index >= 15 is 0 Å². The first-order chi connectivity index (χ1) is 9.60. The molecule has 0 heterocycles. The number of ether oxygens (including phenoxy) is 2. The van der Waals surface area contributed by atoms with Gasteiger partial charge in [-0.25, -0.2) is 12.8 Å². The lowest BCUT2D eigenvalue weighted by Crippen LogP contribution is -2.42. The molecular formula is C13H20FNO5S.